The molecule has 25 heavy (non-hydrogen) atoms. The van der Waals surface area contributed by atoms with Crippen molar-refractivity contribution in [2.24, 2.45) is 5.92 Å². The van der Waals surface area contributed by atoms with Crippen LogP contribution in [0.2, 0.25) is 0 Å². The van der Waals surface area contributed by atoms with Crippen LogP contribution in [0.4, 0.5) is 4.79 Å². The van der Waals surface area contributed by atoms with Gasteiger partial charge in [0.1, 0.15) is 5.76 Å². The smallest absolute Gasteiger partial charge is 0.317 e. The minimum absolute atomic E-state index is 0.0562. The molecule has 1 aromatic heterocycles. The highest BCUT2D eigenvalue weighted by atomic mass is 16.5. The van der Waals surface area contributed by atoms with Crippen LogP contribution in [-0.2, 0) is 4.79 Å². The molecule has 1 saturated heterocycles. The van der Waals surface area contributed by atoms with Crippen molar-refractivity contribution in [2.45, 2.75) is 46.0 Å². The van der Waals surface area contributed by atoms with Gasteiger partial charge in [-0.25, -0.2) is 4.79 Å². The van der Waals surface area contributed by atoms with E-state index in [1.54, 1.807) is 0 Å². The fourth-order valence-corrected chi connectivity index (χ4v) is 3.58. The zero-order valence-corrected chi connectivity index (χ0v) is 15.4. The number of hydrogen-bond acceptors (Lipinski definition) is 4. The second-order valence-corrected chi connectivity index (χ2v) is 7.27. The van der Waals surface area contributed by atoms with E-state index in [2.05, 4.69) is 17.4 Å². The third-order valence-electron chi connectivity index (χ3n) is 5.16. The van der Waals surface area contributed by atoms with Crippen LogP contribution in [0.5, 0.6) is 0 Å². The van der Waals surface area contributed by atoms with Crippen molar-refractivity contribution >= 4 is 11.9 Å². The Hall–Kier alpha value is -2.05. The van der Waals surface area contributed by atoms with Crippen LogP contribution in [0.15, 0.2) is 4.52 Å². The summed E-state index contributed by atoms with van der Waals surface area (Å²) in [5.41, 5.74) is 1.95. The SMILES string of the molecule is Cc1noc(C)c1C(C)CNC(=O)N1CCCN(C(=O)C2CC2)CC1. The Kier molecular flexibility index (Phi) is 5.30. The van der Waals surface area contributed by atoms with Gasteiger partial charge in [-0.05, 0) is 33.1 Å². The molecule has 1 N–H and O–H groups in total. The molecule has 0 bridgehead atoms. The van der Waals surface area contributed by atoms with Gasteiger partial charge in [0.15, 0.2) is 0 Å². The molecule has 7 heteroatoms. The third kappa shape index (κ3) is 4.14. The summed E-state index contributed by atoms with van der Waals surface area (Å²) in [6.45, 7) is 9.12. The number of carbonyl (C=O) groups is 2. The lowest BCUT2D eigenvalue weighted by molar-refractivity contribution is -0.132. The molecule has 1 aliphatic carbocycles. The Labute approximate surface area is 148 Å². The van der Waals surface area contributed by atoms with Crippen LogP contribution in [0.3, 0.4) is 0 Å². The number of aryl methyl sites for hydroxylation is 2. The van der Waals surface area contributed by atoms with Gasteiger partial charge in [0.2, 0.25) is 5.91 Å². The molecule has 3 amide bonds. The van der Waals surface area contributed by atoms with Gasteiger partial charge in [0.05, 0.1) is 5.69 Å². The number of rotatable bonds is 4. The number of nitrogens with zero attached hydrogens (tertiary/aromatic N) is 3. The summed E-state index contributed by atoms with van der Waals surface area (Å²) in [6.07, 6.45) is 2.89. The highest BCUT2D eigenvalue weighted by molar-refractivity contribution is 5.81. The Balaban J connectivity index is 1.49. The average molecular weight is 348 g/mol. The average Bonchev–Trinajstić information content (AvgIpc) is 3.40. The lowest BCUT2D eigenvalue weighted by Crippen LogP contribution is -2.43. The molecule has 0 aromatic carbocycles. The number of carbonyl (C=O) groups excluding carboxylic acids is 2. The molecule has 138 valence electrons. The summed E-state index contributed by atoms with van der Waals surface area (Å²) in [7, 11) is 0. The van der Waals surface area contributed by atoms with E-state index < -0.39 is 0 Å². The molecule has 1 saturated carbocycles. The Morgan fingerprint density at radius 2 is 1.88 bits per heavy atom. The fourth-order valence-electron chi connectivity index (χ4n) is 3.58. The summed E-state index contributed by atoms with van der Waals surface area (Å²) in [6, 6.07) is -0.0562. The summed E-state index contributed by atoms with van der Waals surface area (Å²) in [5.74, 6) is 1.48. The summed E-state index contributed by atoms with van der Waals surface area (Å²) >= 11 is 0. The van der Waals surface area contributed by atoms with Crippen molar-refractivity contribution in [2.75, 3.05) is 32.7 Å². The molecule has 1 aliphatic heterocycles. The molecule has 0 radical (unpaired) electrons. The molecule has 1 atom stereocenters. The standard InChI is InChI=1S/C18H28N4O3/c1-12(16-13(2)20-25-14(16)3)11-19-18(24)22-8-4-7-21(9-10-22)17(23)15-5-6-15/h12,15H,4-11H2,1-3H3,(H,19,24). The van der Waals surface area contributed by atoms with Crippen LogP contribution in [-0.4, -0.2) is 59.6 Å². The van der Waals surface area contributed by atoms with Crippen LogP contribution in [0.1, 0.15) is 49.1 Å². The van der Waals surface area contributed by atoms with Gasteiger partial charge < -0.3 is 19.6 Å². The van der Waals surface area contributed by atoms with Gasteiger partial charge in [-0.3, -0.25) is 4.79 Å². The number of nitrogens with one attached hydrogen (secondary N) is 1. The molecule has 7 nitrogen and oxygen atoms in total. The summed E-state index contributed by atoms with van der Waals surface area (Å²) < 4.78 is 5.20. The van der Waals surface area contributed by atoms with Gasteiger partial charge >= 0.3 is 6.03 Å². The van der Waals surface area contributed by atoms with Gasteiger partial charge in [0, 0.05) is 50.1 Å². The van der Waals surface area contributed by atoms with E-state index in [-0.39, 0.29) is 23.8 Å². The number of urea groups is 1. The van der Waals surface area contributed by atoms with E-state index in [1.165, 1.54) is 0 Å². The molecule has 1 aromatic rings. The lowest BCUT2D eigenvalue weighted by atomic mass is 10.00. The minimum Gasteiger partial charge on any atom is -0.361 e. The summed E-state index contributed by atoms with van der Waals surface area (Å²) in [5, 5.41) is 6.99. The predicted octanol–water partition coefficient (Wildman–Crippen LogP) is 2.05. The maximum Gasteiger partial charge on any atom is 0.317 e. The fraction of sp³-hybridized carbons (Fsp3) is 0.722. The maximum absolute atomic E-state index is 12.5. The molecular formula is C18H28N4O3. The molecule has 1 unspecified atom stereocenters. The Morgan fingerprint density at radius 1 is 1.20 bits per heavy atom. The first-order valence-electron chi connectivity index (χ1n) is 9.21. The Bertz CT molecular complexity index is 619. The molecule has 3 rings (SSSR count). The lowest BCUT2D eigenvalue weighted by Gasteiger charge is -2.23. The van der Waals surface area contributed by atoms with Crippen molar-refractivity contribution in [3.63, 3.8) is 0 Å². The third-order valence-corrected chi connectivity index (χ3v) is 5.16. The van der Waals surface area contributed by atoms with Crippen LogP contribution >= 0.6 is 0 Å². The quantitative estimate of drug-likeness (QED) is 0.903. The van der Waals surface area contributed by atoms with Crippen LogP contribution in [0.25, 0.3) is 0 Å². The largest absolute Gasteiger partial charge is 0.361 e. The number of amides is 3. The van der Waals surface area contributed by atoms with E-state index >= 15 is 0 Å². The van der Waals surface area contributed by atoms with Gasteiger partial charge in [-0.2, -0.15) is 0 Å². The first-order valence-corrected chi connectivity index (χ1v) is 9.21. The van der Waals surface area contributed by atoms with Crippen molar-refractivity contribution in [1.29, 1.82) is 0 Å². The van der Waals surface area contributed by atoms with Crippen molar-refractivity contribution in [3.8, 4) is 0 Å². The molecule has 0 spiro atoms. The maximum atomic E-state index is 12.5. The van der Waals surface area contributed by atoms with E-state index in [9.17, 15) is 9.59 Å². The first-order chi connectivity index (χ1) is 12.0. The first kappa shape index (κ1) is 17.8. The van der Waals surface area contributed by atoms with Crippen LogP contribution < -0.4 is 5.32 Å². The molecule has 2 fully saturated rings. The number of hydrogen-bond donors (Lipinski definition) is 1. The topological polar surface area (TPSA) is 78.7 Å². The van der Waals surface area contributed by atoms with E-state index in [4.69, 9.17) is 4.52 Å². The van der Waals surface area contributed by atoms with Gasteiger partial charge in [-0.15, -0.1) is 0 Å². The minimum atomic E-state index is -0.0562. The highest BCUT2D eigenvalue weighted by Crippen LogP contribution is 2.31. The predicted molar refractivity (Wildman–Crippen MR) is 93.3 cm³/mol. The zero-order chi connectivity index (χ0) is 18.0. The molecule has 2 aliphatic rings. The van der Waals surface area contributed by atoms with E-state index in [0.29, 0.717) is 26.2 Å². The van der Waals surface area contributed by atoms with Crippen LogP contribution in [0, 0.1) is 19.8 Å². The molecule has 2 heterocycles. The van der Waals surface area contributed by atoms with E-state index in [1.807, 2.05) is 23.6 Å². The summed E-state index contributed by atoms with van der Waals surface area (Å²) in [4.78, 5) is 28.4. The van der Waals surface area contributed by atoms with Gasteiger partial charge in [0.25, 0.3) is 0 Å². The van der Waals surface area contributed by atoms with Crippen molar-refractivity contribution in [3.05, 3.63) is 17.0 Å². The van der Waals surface area contributed by atoms with E-state index in [0.717, 1.165) is 42.8 Å². The monoisotopic (exact) mass is 348 g/mol. The second kappa shape index (κ2) is 7.45. The molecular weight excluding hydrogens is 320 g/mol. The normalized spacial score (nSPS) is 19.5. The second-order valence-electron chi connectivity index (χ2n) is 7.27. The van der Waals surface area contributed by atoms with Crippen molar-refractivity contribution < 1.29 is 14.1 Å². The Morgan fingerprint density at radius 3 is 2.52 bits per heavy atom. The van der Waals surface area contributed by atoms with Gasteiger partial charge in [-0.1, -0.05) is 12.1 Å². The highest BCUT2D eigenvalue weighted by Gasteiger charge is 2.34. The number of aromatic nitrogens is 1. The van der Waals surface area contributed by atoms with Crippen molar-refractivity contribution in [1.82, 2.24) is 20.3 Å². The zero-order valence-electron chi connectivity index (χ0n) is 15.4.